The van der Waals surface area contributed by atoms with Crippen molar-refractivity contribution in [3.8, 4) is 17.1 Å². The molecule has 3 aromatic carbocycles. The highest BCUT2D eigenvalue weighted by atomic mass is 32.2. The van der Waals surface area contributed by atoms with E-state index in [-0.39, 0.29) is 22.8 Å². The number of hydrogen-bond donors (Lipinski definition) is 1. The van der Waals surface area contributed by atoms with Gasteiger partial charge in [-0.2, -0.15) is 5.10 Å². The van der Waals surface area contributed by atoms with Gasteiger partial charge in [-0.3, -0.25) is 19.5 Å². The minimum absolute atomic E-state index is 0.0299. The summed E-state index contributed by atoms with van der Waals surface area (Å²) in [5, 5.41) is 24.3. The number of carbonyl (C=O) groups excluding carboxylic acids is 1. The number of rotatable bonds is 8. The van der Waals surface area contributed by atoms with Crippen LogP contribution in [-0.4, -0.2) is 37.6 Å². The maximum absolute atomic E-state index is 12.4. The van der Waals surface area contributed by atoms with Crippen molar-refractivity contribution in [2.45, 2.75) is 31.3 Å². The molecule has 10 heteroatoms. The van der Waals surface area contributed by atoms with Crippen LogP contribution < -0.4 is 5.43 Å². The summed E-state index contributed by atoms with van der Waals surface area (Å²) in [6, 6.07) is 24.1. The van der Waals surface area contributed by atoms with Gasteiger partial charge in [0, 0.05) is 17.3 Å². The Morgan fingerprint density at radius 3 is 2.38 bits per heavy atom. The highest BCUT2D eigenvalue weighted by Gasteiger charge is 2.19. The Hall–Kier alpha value is -4.31. The van der Waals surface area contributed by atoms with Crippen LogP contribution in [0.2, 0.25) is 0 Å². The molecule has 4 aromatic rings. The summed E-state index contributed by atoms with van der Waals surface area (Å²) >= 11 is 1.22. The second-order valence-corrected chi connectivity index (χ2v) is 10.1. The molecule has 0 unspecified atom stereocenters. The van der Waals surface area contributed by atoms with E-state index in [2.05, 4.69) is 53.6 Å². The lowest BCUT2D eigenvalue weighted by molar-refractivity contribution is -0.385. The van der Waals surface area contributed by atoms with E-state index in [9.17, 15) is 14.9 Å². The van der Waals surface area contributed by atoms with Crippen LogP contribution >= 0.6 is 11.8 Å². The molecule has 0 saturated carbocycles. The number of hydrazone groups is 1. The van der Waals surface area contributed by atoms with Gasteiger partial charge in [-0.1, -0.05) is 87.1 Å². The number of thioether (sulfide) groups is 1. The second-order valence-electron chi connectivity index (χ2n) is 9.20. The number of para-hydroxylation sites is 2. The van der Waals surface area contributed by atoms with E-state index < -0.39 is 4.92 Å². The number of amides is 1. The number of nitro groups is 1. The first-order chi connectivity index (χ1) is 17.7. The molecule has 0 atom stereocenters. The minimum atomic E-state index is -0.496. The molecule has 0 radical (unpaired) electrons. The van der Waals surface area contributed by atoms with Gasteiger partial charge in [0.25, 0.3) is 11.6 Å². The largest absolute Gasteiger partial charge is 0.278 e. The molecule has 0 spiro atoms. The van der Waals surface area contributed by atoms with E-state index in [4.69, 9.17) is 0 Å². The Balaban J connectivity index is 1.51. The van der Waals surface area contributed by atoms with Crippen LogP contribution in [0.25, 0.3) is 17.1 Å². The van der Waals surface area contributed by atoms with Gasteiger partial charge in [0.2, 0.25) is 0 Å². The minimum Gasteiger partial charge on any atom is -0.272 e. The Bertz CT molecular complexity index is 1430. The molecule has 9 nitrogen and oxygen atoms in total. The molecule has 0 fully saturated rings. The molecule has 1 amide bonds. The number of carbonyl (C=O) groups is 1. The molecule has 1 N–H and O–H groups in total. The molecule has 0 saturated heterocycles. The molecule has 0 aliphatic carbocycles. The third-order valence-corrected chi connectivity index (χ3v) is 6.44. The van der Waals surface area contributed by atoms with Gasteiger partial charge in [-0.05, 0) is 29.2 Å². The van der Waals surface area contributed by atoms with Gasteiger partial charge in [0.15, 0.2) is 11.0 Å². The van der Waals surface area contributed by atoms with Gasteiger partial charge >= 0.3 is 0 Å². The van der Waals surface area contributed by atoms with Crippen LogP contribution in [0.4, 0.5) is 5.69 Å². The molecule has 37 heavy (non-hydrogen) atoms. The average Bonchev–Trinajstić information content (AvgIpc) is 3.32. The second kappa shape index (κ2) is 11.2. The van der Waals surface area contributed by atoms with Gasteiger partial charge in [0.1, 0.15) is 0 Å². The van der Waals surface area contributed by atoms with E-state index >= 15 is 0 Å². The standard InChI is InChI=1S/C27H26N6O3S/c1-27(2,3)21-15-13-19(14-16-21)25-30-31-26(32(25)22-10-5-4-6-11-22)37-18-24(34)29-28-17-20-9-7-8-12-23(20)33(35)36/h4-17H,18H2,1-3H3,(H,29,34)/b28-17+. The Labute approximate surface area is 218 Å². The summed E-state index contributed by atoms with van der Waals surface area (Å²) in [7, 11) is 0. The fourth-order valence-electron chi connectivity index (χ4n) is 3.58. The zero-order valence-electron chi connectivity index (χ0n) is 20.7. The number of benzene rings is 3. The fourth-order valence-corrected chi connectivity index (χ4v) is 4.32. The van der Waals surface area contributed by atoms with Crippen LogP contribution in [0.5, 0.6) is 0 Å². The normalized spacial score (nSPS) is 11.5. The van der Waals surface area contributed by atoms with Gasteiger partial charge in [0.05, 0.1) is 22.5 Å². The predicted octanol–water partition coefficient (Wildman–Crippen LogP) is 5.38. The lowest BCUT2D eigenvalue weighted by Gasteiger charge is -2.19. The van der Waals surface area contributed by atoms with Crippen LogP contribution in [0.15, 0.2) is 89.1 Å². The lowest BCUT2D eigenvalue weighted by Crippen LogP contribution is -2.20. The summed E-state index contributed by atoms with van der Waals surface area (Å²) in [6.07, 6.45) is 1.26. The van der Waals surface area contributed by atoms with Gasteiger partial charge in [-0.15, -0.1) is 10.2 Å². The first-order valence-corrected chi connectivity index (χ1v) is 12.5. The van der Waals surface area contributed by atoms with Crippen LogP contribution in [0, 0.1) is 10.1 Å². The molecule has 0 aliphatic rings. The molecule has 188 valence electrons. The van der Waals surface area contributed by atoms with Crippen molar-refractivity contribution in [2.24, 2.45) is 5.10 Å². The molecule has 4 rings (SSSR count). The first-order valence-electron chi connectivity index (χ1n) is 11.5. The summed E-state index contributed by atoms with van der Waals surface area (Å²) in [5.41, 5.74) is 5.66. The summed E-state index contributed by atoms with van der Waals surface area (Å²) in [4.78, 5) is 23.1. The number of hydrogen-bond acceptors (Lipinski definition) is 7. The van der Waals surface area contributed by atoms with E-state index in [0.29, 0.717) is 16.5 Å². The van der Waals surface area contributed by atoms with Crippen molar-refractivity contribution >= 4 is 29.6 Å². The number of nitrogens with one attached hydrogen (secondary N) is 1. The maximum Gasteiger partial charge on any atom is 0.278 e. The van der Waals surface area contributed by atoms with Crippen molar-refractivity contribution in [3.05, 3.63) is 100 Å². The highest BCUT2D eigenvalue weighted by molar-refractivity contribution is 7.99. The SMILES string of the molecule is CC(C)(C)c1ccc(-c2nnc(SCC(=O)N/N=C/c3ccccc3[N+](=O)[O-])n2-c2ccccc2)cc1. The molecular weight excluding hydrogens is 488 g/mol. The lowest BCUT2D eigenvalue weighted by atomic mass is 9.87. The monoisotopic (exact) mass is 514 g/mol. The molecule has 1 heterocycles. The Morgan fingerprint density at radius 1 is 1.03 bits per heavy atom. The van der Waals surface area contributed by atoms with Crippen LogP contribution in [0.3, 0.4) is 0 Å². The smallest absolute Gasteiger partial charge is 0.272 e. The summed E-state index contributed by atoms with van der Waals surface area (Å²) < 4.78 is 1.92. The van der Waals surface area contributed by atoms with Crippen LogP contribution in [-0.2, 0) is 10.2 Å². The third kappa shape index (κ3) is 6.28. The number of aromatic nitrogens is 3. The number of nitrogens with zero attached hydrogens (tertiary/aromatic N) is 5. The van der Waals surface area contributed by atoms with E-state index in [0.717, 1.165) is 11.3 Å². The zero-order valence-corrected chi connectivity index (χ0v) is 21.5. The molecule has 0 bridgehead atoms. The zero-order chi connectivity index (χ0) is 26.4. The fraction of sp³-hybridized carbons (Fsp3) is 0.185. The topological polar surface area (TPSA) is 115 Å². The molecule has 0 aliphatic heterocycles. The molecular formula is C27H26N6O3S. The summed E-state index contributed by atoms with van der Waals surface area (Å²) in [5.74, 6) is 0.324. The maximum atomic E-state index is 12.4. The van der Waals surface area contributed by atoms with E-state index in [1.165, 1.54) is 29.6 Å². The Kier molecular flexibility index (Phi) is 7.78. The van der Waals surface area contributed by atoms with E-state index in [1.807, 2.05) is 47.0 Å². The highest BCUT2D eigenvalue weighted by Crippen LogP contribution is 2.30. The van der Waals surface area contributed by atoms with Gasteiger partial charge in [-0.25, -0.2) is 5.43 Å². The van der Waals surface area contributed by atoms with Crippen molar-refractivity contribution in [1.29, 1.82) is 0 Å². The first kappa shape index (κ1) is 25.8. The Morgan fingerprint density at radius 2 is 1.70 bits per heavy atom. The third-order valence-electron chi connectivity index (χ3n) is 5.52. The van der Waals surface area contributed by atoms with Crippen molar-refractivity contribution in [3.63, 3.8) is 0 Å². The van der Waals surface area contributed by atoms with Gasteiger partial charge < -0.3 is 0 Å². The van der Waals surface area contributed by atoms with E-state index in [1.54, 1.807) is 18.2 Å². The van der Waals surface area contributed by atoms with Crippen LogP contribution in [0.1, 0.15) is 31.9 Å². The molecule has 1 aromatic heterocycles. The van der Waals surface area contributed by atoms with Crippen molar-refractivity contribution in [2.75, 3.05) is 5.75 Å². The predicted molar refractivity (Wildman–Crippen MR) is 145 cm³/mol. The number of nitro benzene ring substituents is 1. The summed E-state index contributed by atoms with van der Waals surface area (Å²) in [6.45, 7) is 6.50. The van der Waals surface area contributed by atoms with Crippen molar-refractivity contribution in [1.82, 2.24) is 20.2 Å². The van der Waals surface area contributed by atoms with Crippen molar-refractivity contribution < 1.29 is 9.72 Å². The average molecular weight is 515 g/mol. The quantitative estimate of drug-likeness (QED) is 0.146.